The molecule has 0 aromatic heterocycles. The van der Waals surface area contributed by atoms with E-state index in [0.29, 0.717) is 19.3 Å². The lowest BCUT2D eigenvalue weighted by Gasteiger charge is -2.43. The molecule has 1 aliphatic carbocycles. The highest BCUT2D eigenvalue weighted by Crippen LogP contribution is 2.36. The predicted octanol–water partition coefficient (Wildman–Crippen LogP) is 2.79. The van der Waals surface area contributed by atoms with Gasteiger partial charge in [0.15, 0.2) is 29.6 Å². The quantitative estimate of drug-likeness (QED) is 0.115. The van der Waals surface area contributed by atoms with Crippen LogP contribution in [0.1, 0.15) is 43.0 Å². The minimum Gasteiger partial charge on any atom is -0.393 e. The molecule has 0 spiro atoms. The number of nitrogens with one attached hydrogen (secondary N) is 1. The van der Waals surface area contributed by atoms with Gasteiger partial charge in [-0.15, -0.1) is 0 Å². The largest absolute Gasteiger partial charge is 0.393 e. The minimum atomic E-state index is -2.12. The average Bonchev–Trinajstić information content (AvgIpc) is 2.53. The van der Waals surface area contributed by atoms with E-state index in [9.17, 15) is 32.3 Å². The second kappa shape index (κ2) is 7.35. The van der Waals surface area contributed by atoms with Crippen molar-refractivity contribution in [1.82, 2.24) is 5.32 Å². The smallest absolute Gasteiger partial charge is 0.200 e. The third-order valence-corrected chi connectivity index (χ3v) is 4.27. The number of aliphatic hydroxyl groups is 1. The molecule has 1 aromatic rings. The first kappa shape index (κ1) is 19.1. The van der Waals surface area contributed by atoms with E-state index in [1.54, 1.807) is 6.92 Å². The molecule has 1 unspecified atom stereocenters. The number of rotatable bonds is 7. The van der Waals surface area contributed by atoms with Gasteiger partial charge in [0.25, 0.3) is 0 Å². The summed E-state index contributed by atoms with van der Waals surface area (Å²) in [6.07, 6.45) is 3.19. The molecule has 1 aromatic carbocycles. The van der Waals surface area contributed by atoms with E-state index in [1.807, 2.05) is 0 Å². The van der Waals surface area contributed by atoms with Crippen LogP contribution in [0.3, 0.4) is 0 Å². The lowest BCUT2D eigenvalue weighted by molar-refractivity contribution is -0.104. The number of Topliss-reactive ketones (excluding diaryl/α,β-unsaturated/α-hetero) is 1. The maximum Gasteiger partial charge on any atom is 0.200 e. The van der Waals surface area contributed by atoms with Crippen molar-refractivity contribution >= 4 is 12.1 Å². The molecule has 0 amide bonds. The van der Waals surface area contributed by atoms with Crippen molar-refractivity contribution in [1.29, 1.82) is 0 Å². The molecule has 8 heteroatoms. The van der Waals surface area contributed by atoms with Gasteiger partial charge in [-0.05, 0) is 38.7 Å². The maximum absolute atomic E-state index is 13.7. The number of hydrogen-bond acceptors (Lipinski definition) is 4. The highest BCUT2D eigenvalue weighted by atomic mass is 19.2. The summed E-state index contributed by atoms with van der Waals surface area (Å²) < 4.78 is 53.2. The number of carbonyl (C=O) groups is 2. The third kappa shape index (κ3) is 3.89. The Kier molecular flexibility index (Phi) is 5.62. The number of benzene rings is 1. The summed E-state index contributed by atoms with van der Waals surface area (Å²) >= 11 is 0. The Balaban J connectivity index is 2.29. The number of halogens is 4. The molecule has 0 radical (unpaired) electrons. The van der Waals surface area contributed by atoms with Gasteiger partial charge in [0, 0.05) is 11.7 Å². The van der Waals surface area contributed by atoms with Crippen LogP contribution < -0.4 is 5.32 Å². The average molecular weight is 359 g/mol. The fraction of sp³-hybridized carbons (Fsp3) is 0.412. The molecule has 0 aliphatic heterocycles. The van der Waals surface area contributed by atoms with Crippen molar-refractivity contribution in [2.75, 3.05) is 0 Å². The zero-order valence-electron chi connectivity index (χ0n) is 13.4. The van der Waals surface area contributed by atoms with Crippen LogP contribution in [-0.2, 0) is 4.79 Å². The molecule has 4 nitrogen and oxygen atoms in total. The van der Waals surface area contributed by atoms with Gasteiger partial charge in [-0.3, -0.25) is 9.59 Å². The molecule has 1 fully saturated rings. The first-order valence-electron chi connectivity index (χ1n) is 7.69. The van der Waals surface area contributed by atoms with E-state index in [0.717, 1.165) is 12.6 Å². The molecule has 0 bridgehead atoms. The second-order valence-electron chi connectivity index (χ2n) is 6.23. The third-order valence-electron chi connectivity index (χ3n) is 4.27. The van der Waals surface area contributed by atoms with Crippen molar-refractivity contribution in [3.05, 3.63) is 46.7 Å². The lowest BCUT2D eigenvalue weighted by atomic mass is 9.73. The van der Waals surface area contributed by atoms with Crippen molar-refractivity contribution < 1.29 is 32.3 Å². The summed E-state index contributed by atoms with van der Waals surface area (Å²) in [4.78, 5) is 23.3. The van der Waals surface area contributed by atoms with Gasteiger partial charge in [0.05, 0.1) is 17.2 Å². The Morgan fingerprint density at radius 3 is 2.40 bits per heavy atom. The van der Waals surface area contributed by atoms with Gasteiger partial charge in [-0.2, -0.15) is 0 Å². The van der Waals surface area contributed by atoms with Gasteiger partial charge in [-0.25, -0.2) is 17.6 Å². The first-order valence-corrected chi connectivity index (χ1v) is 7.69. The van der Waals surface area contributed by atoms with E-state index >= 15 is 0 Å². The number of allylic oxidation sites excluding steroid dienone is 1. The fourth-order valence-corrected chi connectivity index (χ4v) is 2.85. The summed E-state index contributed by atoms with van der Waals surface area (Å²) in [6, 6.07) is 0.211. The summed E-state index contributed by atoms with van der Waals surface area (Å²) in [5, 5.41) is 12.4. The van der Waals surface area contributed by atoms with E-state index in [2.05, 4.69) is 5.32 Å². The molecule has 0 heterocycles. The summed E-state index contributed by atoms with van der Waals surface area (Å²) in [5.41, 5.74) is -2.14. The van der Waals surface area contributed by atoms with Gasteiger partial charge in [0.1, 0.15) is 0 Å². The molecule has 0 saturated heterocycles. The standard InChI is InChI=1S/C17H17F4NO3/c1-9(24)6-17(3-2-4-17)22-7-10(8-23)16(25)11-5-12(18)14(20)15(21)13(11)19/h5,7-9,22,24H,2-4,6H2,1H3. The topological polar surface area (TPSA) is 66.4 Å². The predicted molar refractivity (Wildman–Crippen MR) is 80.8 cm³/mol. The molecular weight excluding hydrogens is 342 g/mol. The summed E-state index contributed by atoms with van der Waals surface area (Å²) in [6.45, 7) is 1.59. The molecule has 25 heavy (non-hydrogen) atoms. The van der Waals surface area contributed by atoms with Gasteiger partial charge in [0.2, 0.25) is 5.78 Å². The Morgan fingerprint density at radius 1 is 1.28 bits per heavy atom. The molecule has 2 rings (SSSR count). The molecule has 1 atom stereocenters. The van der Waals surface area contributed by atoms with Crippen LogP contribution in [-0.4, -0.2) is 28.8 Å². The highest BCUT2D eigenvalue weighted by molar-refractivity contribution is 6.20. The highest BCUT2D eigenvalue weighted by Gasteiger charge is 2.37. The van der Waals surface area contributed by atoms with E-state index in [1.165, 1.54) is 0 Å². The van der Waals surface area contributed by atoms with Crippen LogP contribution in [0.5, 0.6) is 0 Å². The van der Waals surface area contributed by atoms with E-state index < -0.39 is 51.8 Å². The Labute approximate surface area is 141 Å². The molecule has 2 N–H and O–H groups in total. The van der Waals surface area contributed by atoms with Crippen LogP contribution in [0, 0.1) is 23.3 Å². The minimum absolute atomic E-state index is 0.114. The van der Waals surface area contributed by atoms with Crippen molar-refractivity contribution in [3.63, 3.8) is 0 Å². The van der Waals surface area contributed by atoms with Gasteiger partial charge < -0.3 is 10.4 Å². The van der Waals surface area contributed by atoms with Crippen LogP contribution >= 0.6 is 0 Å². The van der Waals surface area contributed by atoms with Crippen molar-refractivity contribution in [2.24, 2.45) is 0 Å². The molecule has 1 saturated carbocycles. The van der Waals surface area contributed by atoms with Crippen LogP contribution in [0.4, 0.5) is 17.6 Å². The number of aldehydes is 1. The number of ketones is 1. The van der Waals surface area contributed by atoms with Crippen molar-refractivity contribution in [2.45, 2.75) is 44.2 Å². The lowest BCUT2D eigenvalue weighted by Crippen LogP contribution is -2.50. The van der Waals surface area contributed by atoms with Gasteiger partial charge >= 0.3 is 0 Å². The van der Waals surface area contributed by atoms with Gasteiger partial charge in [-0.1, -0.05) is 0 Å². The van der Waals surface area contributed by atoms with Crippen LogP contribution in [0.2, 0.25) is 0 Å². The monoisotopic (exact) mass is 359 g/mol. The number of hydrogen-bond donors (Lipinski definition) is 2. The molecular formula is C17H17F4NO3. The second-order valence-corrected chi connectivity index (χ2v) is 6.23. The summed E-state index contributed by atoms with van der Waals surface area (Å²) in [7, 11) is 0. The molecule has 1 aliphatic rings. The van der Waals surface area contributed by atoms with Crippen LogP contribution in [0.25, 0.3) is 0 Å². The van der Waals surface area contributed by atoms with Crippen LogP contribution in [0.15, 0.2) is 17.8 Å². The van der Waals surface area contributed by atoms with E-state index in [-0.39, 0.29) is 12.4 Å². The summed E-state index contributed by atoms with van der Waals surface area (Å²) in [5.74, 6) is -9.02. The van der Waals surface area contributed by atoms with E-state index in [4.69, 9.17) is 0 Å². The number of aliphatic hydroxyl groups excluding tert-OH is 1. The van der Waals surface area contributed by atoms with Crippen molar-refractivity contribution in [3.8, 4) is 0 Å². The first-order chi connectivity index (χ1) is 11.7. The fourth-order valence-electron chi connectivity index (χ4n) is 2.85. The normalized spacial score (nSPS) is 17.6. The Bertz CT molecular complexity index is 727. The zero-order valence-corrected chi connectivity index (χ0v) is 13.4. The molecule has 136 valence electrons. The number of carbonyl (C=O) groups excluding carboxylic acids is 2. The Hall–Kier alpha value is -2.22. The zero-order chi connectivity index (χ0) is 18.8. The Morgan fingerprint density at radius 2 is 1.92 bits per heavy atom. The SMILES string of the molecule is CC(O)CC1(NC=C(C=O)C(=O)c2cc(F)c(F)c(F)c2F)CCC1. The maximum atomic E-state index is 13.7.